The Balaban J connectivity index is 2.19. The van der Waals surface area contributed by atoms with Crippen LogP contribution in [0.25, 0.3) is 21.9 Å². The molecule has 0 aliphatic carbocycles. The van der Waals surface area contributed by atoms with Crippen molar-refractivity contribution >= 4 is 33.2 Å². The largest absolute Gasteiger partial charge is 0.305 e. The number of rotatable bonds is 2. The van der Waals surface area contributed by atoms with Crippen molar-refractivity contribution in [3.05, 3.63) is 56.7 Å². The highest BCUT2D eigenvalue weighted by Gasteiger charge is 2.13. The van der Waals surface area contributed by atoms with Crippen molar-refractivity contribution in [2.75, 3.05) is 0 Å². The molecular weight excluding hydrogens is 296 g/mol. The zero-order valence-electron chi connectivity index (χ0n) is 12.0. The van der Waals surface area contributed by atoms with Gasteiger partial charge >= 0.3 is 0 Å². The van der Waals surface area contributed by atoms with E-state index in [0.29, 0.717) is 15.8 Å². The predicted octanol–water partition coefficient (Wildman–Crippen LogP) is 3.06. The third-order valence-corrected chi connectivity index (χ3v) is 4.51. The van der Waals surface area contributed by atoms with Gasteiger partial charge in [0, 0.05) is 17.3 Å². The minimum absolute atomic E-state index is 0.214. The van der Waals surface area contributed by atoms with Crippen LogP contribution < -0.4 is 5.56 Å². The van der Waals surface area contributed by atoms with Crippen LogP contribution in [-0.2, 0) is 0 Å². The molecule has 0 radical (unpaired) electrons. The minimum Gasteiger partial charge on any atom is -0.305 e. The number of hydrogen-bond acceptors (Lipinski definition) is 5. The van der Waals surface area contributed by atoms with Crippen LogP contribution in [0.1, 0.15) is 21.8 Å². The second kappa shape index (κ2) is 5.54. The number of thiophene rings is 1. The van der Waals surface area contributed by atoms with E-state index in [-0.39, 0.29) is 11.4 Å². The highest BCUT2D eigenvalue weighted by atomic mass is 32.1. The molecule has 5 nitrogen and oxygen atoms in total. The lowest BCUT2D eigenvalue weighted by Crippen LogP contribution is -2.10. The average molecular weight is 308 g/mol. The third kappa shape index (κ3) is 2.43. The fourth-order valence-electron chi connectivity index (χ4n) is 2.16. The molecule has 3 rings (SSSR count). The lowest BCUT2D eigenvalue weighted by atomic mass is 10.1. The summed E-state index contributed by atoms with van der Waals surface area (Å²) < 4.78 is 0. The molecule has 0 saturated carbocycles. The Morgan fingerprint density at radius 1 is 1.45 bits per heavy atom. The molecule has 0 spiro atoms. The molecule has 6 heteroatoms. The SMILES string of the molecule is Cc1sc2nc(/C(C#N)=C/c3cccnc3)[nH]c(=O)c2c1C. The van der Waals surface area contributed by atoms with Gasteiger partial charge in [0.25, 0.3) is 5.56 Å². The molecule has 0 aliphatic rings. The van der Waals surface area contributed by atoms with E-state index in [1.54, 1.807) is 24.5 Å². The molecule has 3 aromatic heterocycles. The van der Waals surface area contributed by atoms with Crippen molar-refractivity contribution in [2.24, 2.45) is 0 Å². The summed E-state index contributed by atoms with van der Waals surface area (Å²) in [5.41, 5.74) is 1.81. The monoisotopic (exact) mass is 308 g/mol. The van der Waals surface area contributed by atoms with Gasteiger partial charge in [-0.3, -0.25) is 9.78 Å². The lowest BCUT2D eigenvalue weighted by molar-refractivity contribution is 1.13. The Morgan fingerprint density at radius 2 is 2.27 bits per heavy atom. The predicted molar refractivity (Wildman–Crippen MR) is 87.4 cm³/mol. The first-order valence-electron chi connectivity index (χ1n) is 6.62. The van der Waals surface area contributed by atoms with Crippen LogP contribution in [0.3, 0.4) is 0 Å². The van der Waals surface area contributed by atoms with Gasteiger partial charge in [0.1, 0.15) is 10.9 Å². The van der Waals surface area contributed by atoms with Crippen molar-refractivity contribution in [3.8, 4) is 6.07 Å². The number of allylic oxidation sites excluding steroid dienone is 1. The molecule has 0 saturated heterocycles. The summed E-state index contributed by atoms with van der Waals surface area (Å²) in [5.74, 6) is 0.283. The fourth-order valence-corrected chi connectivity index (χ4v) is 3.19. The van der Waals surface area contributed by atoms with Crippen molar-refractivity contribution in [1.29, 1.82) is 5.26 Å². The van der Waals surface area contributed by atoms with E-state index >= 15 is 0 Å². The number of aromatic amines is 1. The molecule has 0 aliphatic heterocycles. The molecule has 3 aromatic rings. The van der Waals surface area contributed by atoms with Crippen LogP contribution in [0.4, 0.5) is 0 Å². The van der Waals surface area contributed by atoms with Gasteiger partial charge in [0.15, 0.2) is 5.82 Å². The minimum atomic E-state index is -0.214. The zero-order valence-corrected chi connectivity index (χ0v) is 12.9. The summed E-state index contributed by atoms with van der Waals surface area (Å²) >= 11 is 1.46. The number of hydrogen-bond donors (Lipinski definition) is 1. The summed E-state index contributed by atoms with van der Waals surface area (Å²) in [4.78, 5) is 25.1. The fraction of sp³-hybridized carbons (Fsp3) is 0.125. The summed E-state index contributed by atoms with van der Waals surface area (Å²) in [7, 11) is 0. The van der Waals surface area contributed by atoms with Crippen LogP contribution in [0.15, 0.2) is 29.3 Å². The smallest absolute Gasteiger partial charge is 0.260 e. The van der Waals surface area contributed by atoms with Gasteiger partial charge in [-0.15, -0.1) is 11.3 Å². The van der Waals surface area contributed by atoms with E-state index < -0.39 is 0 Å². The van der Waals surface area contributed by atoms with Crippen molar-refractivity contribution in [1.82, 2.24) is 15.0 Å². The van der Waals surface area contributed by atoms with Crippen molar-refractivity contribution < 1.29 is 0 Å². The molecule has 0 atom stereocenters. The molecule has 0 unspecified atom stereocenters. The molecule has 0 fully saturated rings. The van der Waals surface area contributed by atoms with Crippen LogP contribution in [0, 0.1) is 25.2 Å². The first-order chi connectivity index (χ1) is 10.6. The number of nitriles is 1. The van der Waals surface area contributed by atoms with Gasteiger partial charge in [-0.2, -0.15) is 5.26 Å². The second-order valence-electron chi connectivity index (χ2n) is 4.83. The van der Waals surface area contributed by atoms with Gasteiger partial charge in [-0.1, -0.05) is 6.07 Å². The van der Waals surface area contributed by atoms with Crippen molar-refractivity contribution in [3.63, 3.8) is 0 Å². The first kappa shape index (κ1) is 14.2. The number of fused-ring (bicyclic) bond motifs is 1. The van der Waals surface area contributed by atoms with E-state index in [4.69, 9.17) is 0 Å². The molecule has 0 aromatic carbocycles. The molecule has 3 heterocycles. The van der Waals surface area contributed by atoms with Gasteiger partial charge in [-0.25, -0.2) is 4.98 Å². The Morgan fingerprint density at radius 3 is 2.95 bits per heavy atom. The second-order valence-corrected chi connectivity index (χ2v) is 6.04. The third-order valence-electron chi connectivity index (χ3n) is 3.41. The van der Waals surface area contributed by atoms with Gasteiger partial charge in [-0.05, 0) is 37.1 Å². The average Bonchev–Trinajstić information content (AvgIpc) is 2.81. The zero-order chi connectivity index (χ0) is 15.7. The molecule has 108 valence electrons. The Hall–Kier alpha value is -2.78. The maximum absolute atomic E-state index is 12.3. The normalized spacial score (nSPS) is 11.6. The summed E-state index contributed by atoms with van der Waals surface area (Å²) in [6.07, 6.45) is 4.96. The van der Waals surface area contributed by atoms with E-state index in [9.17, 15) is 10.1 Å². The van der Waals surface area contributed by atoms with E-state index in [1.165, 1.54) is 11.3 Å². The molecule has 0 amide bonds. The Bertz CT molecular complexity index is 977. The number of H-pyrrole nitrogens is 1. The Kier molecular flexibility index (Phi) is 3.57. The first-order valence-corrected chi connectivity index (χ1v) is 7.44. The summed E-state index contributed by atoms with van der Waals surface area (Å²) in [6.45, 7) is 3.86. The van der Waals surface area contributed by atoms with Crippen LogP contribution in [0.2, 0.25) is 0 Å². The molecule has 22 heavy (non-hydrogen) atoms. The maximum Gasteiger partial charge on any atom is 0.260 e. The molecule has 0 bridgehead atoms. The highest BCUT2D eigenvalue weighted by molar-refractivity contribution is 7.18. The number of nitrogens with zero attached hydrogens (tertiary/aromatic N) is 3. The van der Waals surface area contributed by atoms with Crippen molar-refractivity contribution in [2.45, 2.75) is 13.8 Å². The Labute approximate surface area is 130 Å². The van der Waals surface area contributed by atoms with E-state index in [0.717, 1.165) is 16.0 Å². The van der Waals surface area contributed by atoms with Gasteiger partial charge < -0.3 is 4.98 Å². The highest BCUT2D eigenvalue weighted by Crippen LogP contribution is 2.26. The molecule has 1 N–H and O–H groups in total. The quantitative estimate of drug-likeness (QED) is 0.738. The number of aromatic nitrogens is 3. The van der Waals surface area contributed by atoms with Gasteiger partial charge in [0.2, 0.25) is 0 Å². The standard InChI is InChI=1S/C16H12N4OS/c1-9-10(2)22-16-13(9)15(21)19-14(20-16)12(7-17)6-11-4-3-5-18-8-11/h3-6,8H,1-2H3,(H,19,20,21)/b12-6+. The topological polar surface area (TPSA) is 82.4 Å². The lowest BCUT2D eigenvalue weighted by Gasteiger charge is -2.00. The summed E-state index contributed by atoms with van der Waals surface area (Å²) in [5, 5.41) is 9.97. The number of aryl methyl sites for hydroxylation is 2. The summed E-state index contributed by atoms with van der Waals surface area (Å²) in [6, 6.07) is 5.70. The van der Waals surface area contributed by atoms with E-state index in [2.05, 4.69) is 21.0 Å². The van der Waals surface area contributed by atoms with Crippen LogP contribution in [-0.4, -0.2) is 15.0 Å². The van der Waals surface area contributed by atoms with E-state index in [1.807, 2.05) is 19.9 Å². The maximum atomic E-state index is 12.3. The van der Waals surface area contributed by atoms with Gasteiger partial charge in [0.05, 0.1) is 11.0 Å². The molecular formula is C16H12N4OS. The number of nitrogens with one attached hydrogen (secondary N) is 1. The number of pyridine rings is 1. The van der Waals surface area contributed by atoms with Crippen LogP contribution >= 0.6 is 11.3 Å². The van der Waals surface area contributed by atoms with Crippen LogP contribution in [0.5, 0.6) is 0 Å².